The predicted molar refractivity (Wildman–Crippen MR) is 77.5 cm³/mol. The number of fused-ring (bicyclic) bond motifs is 1. The molecule has 0 N–H and O–H groups in total. The highest BCUT2D eigenvalue weighted by Crippen LogP contribution is 2.34. The Kier molecular flexibility index (Phi) is 3.14. The molecule has 0 saturated heterocycles. The Labute approximate surface area is 127 Å². The number of hydrogen-bond acceptors (Lipinski definition) is 5. The molecule has 6 nitrogen and oxygen atoms in total. The van der Waals surface area contributed by atoms with Crippen molar-refractivity contribution in [2.24, 2.45) is 0 Å². The van der Waals surface area contributed by atoms with Crippen LogP contribution in [0.1, 0.15) is 28.9 Å². The van der Waals surface area contributed by atoms with E-state index < -0.39 is 0 Å². The van der Waals surface area contributed by atoms with Gasteiger partial charge in [-0.2, -0.15) is 0 Å². The SMILES string of the molecule is O=C(c1cnccn1)N(Cc1ccc2c(c1)OCO2)C1CC1. The van der Waals surface area contributed by atoms with Crippen LogP contribution in [0.25, 0.3) is 0 Å². The Morgan fingerprint density at radius 2 is 2.09 bits per heavy atom. The van der Waals surface area contributed by atoms with Crippen LogP contribution in [-0.4, -0.2) is 33.6 Å². The summed E-state index contributed by atoms with van der Waals surface area (Å²) < 4.78 is 10.7. The molecule has 0 unspecified atom stereocenters. The van der Waals surface area contributed by atoms with Crippen LogP contribution in [0, 0.1) is 0 Å². The molecule has 1 fully saturated rings. The molecule has 0 atom stereocenters. The van der Waals surface area contributed by atoms with Gasteiger partial charge in [-0.3, -0.25) is 9.78 Å². The zero-order valence-corrected chi connectivity index (χ0v) is 11.9. The molecule has 1 amide bonds. The lowest BCUT2D eigenvalue weighted by Gasteiger charge is -2.22. The summed E-state index contributed by atoms with van der Waals surface area (Å²) in [5.74, 6) is 1.41. The molecule has 112 valence electrons. The Hall–Kier alpha value is -2.63. The average molecular weight is 297 g/mol. The molecule has 1 saturated carbocycles. The second-order valence-corrected chi connectivity index (χ2v) is 5.44. The van der Waals surface area contributed by atoms with Gasteiger partial charge >= 0.3 is 0 Å². The van der Waals surface area contributed by atoms with Gasteiger partial charge in [0.25, 0.3) is 5.91 Å². The van der Waals surface area contributed by atoms with Gasteiger partial charge in [0.2, 0.25) is 6.79 Å². The second-order valence-electron chi connectivity index (χ2n) is 5.44. The summed E-state index contributed by atoms with van der Waals surface area (Å²) in [4.78, 5) is 22.6. The molecule has 2 heterocycles. The third-order valence-corrected chi connectivity index (χ3v) is 3.82. The molecule has 1 aliphatic carbocycles. The summed E-state index contributed by atoms with van der Waals surface area (Å²) in [7, 11) is 0. The predicted octanol–water partition coefficient (Wildman–Crippen LogP) is 2.01. The van der Waals surface area contributed by atoms with Gasteiger partial charge in [-0.05, 0) is 30.5 Å². The van der Waals surface area contributed by atoms with Crippen molar-refractivity contribution in [2.75, 3.05) is 6.79 Å². The van der Waals surface area contributed by atoms with E-state index in [0.29, 0.717) is 18.3 Å². The summed E-state index contributed by atoms with van der Waals surface area (Å²) in [6, 6.07) is 6.07. The number of benzene rings is 1. The van der Waals surface area contributed by atoms with Crippen LogP contribution in [0.2, 0.25) is 0 Å². The highest BCUT2D eigenvalue weighted by Gasteiger charge is 2.33. The van der Waals surface area contributed by atoms with Crippen LogP contribution in [0.15, 0.2) is 36.8 Å². The first-order valence-electron chi connectivity index (χ1n) is 7.27. The monoisotopic (exact) mass is 297 g/mol. The quantitative estimate of drug-likeness (QED) is 0.863. The van der Waals surface area contributed by atoms with Crippen LogP contribution < -0.4 is 9.47 Å². The van der Waals surface area contributed by atoms with Crippen molar-refractivity contribution in [3.8, 4) is 11.5 Å². The Bertz CT molecular complexity index is 701. The maximum atomic E-state index is 12.6. The zero-order chi connectivity index (χ0) is 14.9. The van der Waals surface area contributed by atoms with Crippen LogP contribution >= 0.6 is 0 Å². The minimum atomic E-state index is -0.0757. The molecule has 6 heteroatoms. The van der Waals surface area contributed by atoms with E-state index in [9.17, 15) is 4.79 Å². The van der Waals surface area contributed by atoms with Gasteiger partial charge in [-0.15, -0.1) is 0 Å². The fourth-order valence-electron chi connectivity index (χ4n) is 2.55. The van der Waals surface area contributed by atoms with E-state index in [1.165, 1.54) is 6.20 Å². The molecular formula is C16H15N3O3. The molecule has 1 aromatic carbocycles. The first kappa shape index (κ1) is 13.1. The lowest BCUT2D eigenvalue weighted by Crippen LogP contribution is -2.33. The molecule has 2 aliphatic rings. The first-order valence-corrected chi connectivity index (χ1v) is 7.27. The number of aromatic nitrogens is 2. The van der Waals surface area contributed by atoms with Crippen LogP contribution in [-0.2, 0) is 6.54 Å². The van der Waals surface area contributed by atoms with E-state index in [1.807, 2.05) is 23.1 Å². The topological polar surface area (TPSA) is 64.6 Å². The molecule has 0 spiro atoms. The number of carbonyl (C=O) groups excluding carboxylic acids is 1. The fraction of sp³-hybridized carbons (Fsp3) is 0.312. The Morgan fingerprint density at radius 1 is 1.23 bits per heavy atom. The summed E-state index contributed by atoms with van der Waals surface area (Å²) in [6.07, 6.45) is 6.69. The maximum absolute atomic E-state index is 12.6. The van der Waals surface area contributed by atoms with Crippen molar-refractivity contribution >= 4 is 5.91 Å². The third-order valence-electron chi connectivity index (χ3n) is 3.82. The van der Waals surface area contributed by atoms with Crippen molar-refractivity contribution < 1.29 is 14.3 Å². The number of nitrogens with zero attached hydrogens (tertiary/aromatic N) is 3. The Balaban J connectivity index is 1.57. The van der Waals surface area contributed by atoms with E-state index in [0.717, 1.165) is 29.9 Å². The standard InChI is InChI=1S/C16H15N3O3/c20-16(13-8-17-5-6-18-13)19(12-2-3-12)9-11-1-4-14-15(7-11)22-10-21-14/h1,4-8,12H,2-3,9-10H2. The van der Waals surface area contributed by atoms with Crippen molar-refractivity contribution in [1.82, 2.24) is 14.9 Å². The van der Waals surface area contributed by atoms with Gasteiger partial charge in [0.1, 0.15) is 5.69 Å². The van der Waals surface area contributed by atoms with Crippen molar-refractivity contribution in [3.63, 3.8) is 0 Å². The molecule has 22 heavy (non-hydrogen) atoms. The highest BCUT2D eigenvalue weighted by atomic mass is 16.7. The van der Waals surface area contributed by atoms with Crippen LogP contribution in [0.5, 0.6) is 11.5 Å². The lowest BCUT2D eigenvalue weighted by atomic mass is 10.1. The molecule has 1 aliphatic heterocycles. The minimum Gasteiger partial charge on any atom is -0.454 e. The molecule has 4 rings (SSSR count). The minimum absolute atomic E-state index is 0.0757. The molecule has 2 aromatic rings. The van der Waals surface area contributed by atoms with Gasteiger partial charge < -0.3 is 14.4 Å². The normalized spacial score (nSPS) is 15.6. The van der Waals surface area contributed by atoms with E-state index in [1.54, 1.807) is 12.4 Å². The van der Waals surface area contributed by atoms with Crippen molar-refractivity contribution in [1.29, 1.82) is 0 Å². The van der Waals surface area contributed by atoms with E-state index in [-0.39, 0.29) is 12.7 Å². The second kappa shape index (κ2) is 5.29. The first-order chi connectivity index (χ1) is 10.8. The zero-order valence-electron chi connectivity index (χ0n) is 11.9. The summed E-state index contributed by atoms with van der Waals surface area (Å²) in [5.41, 5.74) is 1.41. The smallest absolute Gasteiger partial charge is 0.274 e. The summed E-state index contributed by atoms with van der Waals surface area (Å²) >= 11 is 0. The maximum Gasteiger partial charge on any atom is 0.274 e. The van der Waals surface area contributed by atoms with E-state index in [2.05, 4.69) is 9.97 Å². The van der Waals surface area contributed by atoms with Gasteiger partial charge in [0.15, 0.2) is 11.5 Å². The van der Waals surface area contributed by atoms with E-state index in [4.69, 9.17) is 9.47 Å². The lowest BCUT2D eigenvalue weighted by molar-refractivity contribution is 0.0723. The number of ether oxygens (including phenoxy) is 2. The van der Waals surface area contributed by atoms with Gasteiger partial charge in [0.05, 0.1) is 6.20 Å². The molecular weight excluding hydrogens is 282 g/mol. The van der Waals surface area contributed by atoms with Crippen LogP contribution in [0.3, 0.4) is 0 Å². The number of carbonyl (C=O) groups is 1. The fourth-order valence-corrected chi connectivity index (χ4v) is 2.55. The van der Waals surface area contributed by atoms with Gasteiger partial charge in [-0.1, -0.05) is 6.07 Å². The van der Waals surface area contributed by atoms with Gasteiger partial charge in [-0.25, -0.2) is 4.98 Å². The molecule has 0 radical (unpaired) electrons. The Morgan fingerprint density at radius 3 is 2.86 bits per heavy atom. The number of rotatable bonds is 4. The number of amides is 1. The largest absolute Gasteiger partial charge is 0.454 e. The molecule has 1 aromatic heterocycles. The summed E-state index contributed by atoms with van der Waals surface area (Å²) in [6.45, 7) is 0.792. The third kappa shape index (κ3) is 2.47. The van der Waals surface area contributed by atoms with Gasteiger partial charge in [0, 0.05) is 25.0 Å². The van der Waals surface area contributed by atoms with Crippen LogP contribution in [0.4, 0.5) is 0 Å². The summed E-state index contributed by atoms with van der Waals surface area (Å²) in [5, 5.41) is 0. The van der Waals surface area contributed by atoms with E-state index >= 15 is 0 Å². The van der Waals surface area contributed by atoms with Crippen molar-refractivity contribution in [2.45, 2.75) is 25.4 Å². The average Bonchev–Trinajstić information content (AvgIpc) is 3.30. The van der Waals surface area contributed by atoms with Crippen molar-refractivity contribution in [3.05, 3.63) is 48.0 Å². The molecule has 0 bridgehead atoms. The number of hydrogen-bond donors (Lipinski definition) is 0. The highest BCUT2D eigenvalue weighted by molar-refractivity contribution is 5.92.